The number of thiophene rings is 1. The van der Waals surface area contributed by atoms with E-state index in [1.54, 1.807) is 6.07 Å². The van der Waals surface area contributed by atoms with E-state index in [-0.39, 0.29) is 12.0 Å². The second kappa shape index (κ2) is 7.91. The standard InChI is InChI=1S/C13H21N3O2S/c1-10(2)18-13(14-7-8-16(3)4)15-12(17)11-6-5-9-19-11/h5-6,9-10H,7-8H2,1-4H3,(H,14,15,17)/p+1. The zero-order valence-corrected chi connectivity index (χ0v) is 12.7. The number of amidine groups is 1. The number of rotatable bonds is 5. The molecule has 0 atom stereocenters. The van der Waals surface area contributed by atoms with Crippen molar-refractivity contribution in [2.45, 2.75) is 20.0 Å². The molecule has 19 heavy (non-hydrogen) atoms. The molecule has 0 spiro atoms. The number of quaternary nitrogens is 1. The zero-order chi connectivity index (χ0) is 14.3. The number of aliphatic imine (C=N–C) groups is 1. The molecule has 0 aromatic carbocycles. The lowest BCUT2D eigenvalue weighted by Gasteiger charge is -2.13. The minimum Gasteiger partial charge on any atom is -0.462 e. The maximum absolute atomic E-state index is 11.9. The van der Waals surface area contributed by atoms with Gasteiger partial charge in [0.05, 0.1) is 38.2 Å². The molecule has 0 aliphatic heterocycles. The lowest BCUT2D eigenvalue weighted by Crippen LogP contribution is -3.06. The molecule has 2 N–H and O–H groups in total. The average molecular weight is 284 g/mol. The molecule has 106 valence electrons. The number of carbonyl (C=O) groups excluding carboxylic acids is 1. The van der Waals surface area contributed by atoms with Gasteiger partial charge in [0.2, 0.25) is 0 Å². The third-order valence-electron chi connectivity index (χ3n) is 2.18. The van der Waals surface area contributed by atoms with E-state index in [1.165, 1.54) is 16.2 Å². The highest BCUT2D eigenvalue weighted by Crippen LogP contribution is 2.07. The van der Waals surface area contributed by atoms with E-state index in [2.05, 4.69) is 24.4 Å². The van der Waals surface area contributed by atoms with Crippen LogP contribution in [0, 0.1) is 0 Å². The monoisotopic (exact) mass is 284 g/mol. The van der Waals surface area contributed by atoms with E-state index in [0.717, 1.165) is 6.54 Å². The van der Waals surface area contributed by atoms with Crippen LogP contribution in [0.25, 0.3) is 0 Å². The molecule has 5 nitrogen and oxygen atoms in total. The quantitative estimate of drug-likeness (QED) is 0.607. The highest BCUT2D eigenvalue weighted by atomic mass is 32.1. The minimum atomic E-state index is -0.174. The number of amides is 1. The maximum atomic E-state index is 11.9. The van der Waals surface area contributed by atoms with Crippen molar-refractivity contribution >= 4 is 23.3 Å². The summed E-state index contributed by atoms with van der Waals surface area (Å²) in [6.07, 6.45) is -0.0194. The van der Waals surface area contributed by atoms with Gasteiger partial charge < -0.3 is 9.64 Å². The van der Waals surface area contributed by atoms with Gasteiger partial charge in [-0.25, -0.2) is 4.99 Å². The largest absolute Gasteiger partial charge is 0.462 e. The van der Waals surface area contributed by atoms with Crippen LogP contribution >= 0.6 is 11.3 Å². The Morgan fingerprint density at radius 2 is 2.26 bits per heavy atom. The summed E-state index contributed by atoms with van der Waals surface area (Å²) in [7, 11) is 4.12. The van der Waals surface area contributed by atoms with Gasteiger partial charge in [-0.3, -0.25) is 10.1 Å². The molecule has 1 amide bonds. The van der Waals surface area contributed by atoms with E-state index >= 15 is 0 Å². The maximum Gasteiger partial charge on any atom is 0.292 e. The Morgan fingerprint density at radius 1 is 1.53 bits per heavy atom. The topological polar surface area (TPSA) is 55.1 Å². The van der Waals surface area contributed by atoms with Crippen LogP contribution in [0.5, 0.6) is 0 Å². The van der Waals surface area contributed by atoms with Gasteiger partial charge in [-0.2, -0.15) is 0 Å². The van der Waals surface area contributed by atoms with Crippen molar-refractivity contribution in [1.29, 1.82) is 0 Å². The average Bonchev–Trinajstić information content (AvgIpc) is 2.80. The van der Waals surface area contributed by atoms with Crippen LogP contribution < -0.4 is 10.2 Å². The van der Waals surface area contributed by atoms with Crippen LogP contribution in [-0.4, -0.2) is 45.2 Å². The van der Waals surface area contributed by atoms with E-state index in [1.807, 2.05) is 25.3 Å². The molecule has 0 bridgehead atoms. The smallest absolute Gasteiger partial charge is 0.292 e. The SMILES string of the molecule is CC(C)OC(=NCC[NH+](C)C)NC(=O)c1cccs1. The van der Waals surface area contributed by atoms with Gasteiger partial charge in [0.1, 0.15) is 0 Å². The molecular formula is C13H22N3O2S+. The highest BCUT2D eigenvalue weighted by molar-refractivity contribution is 7.12. The minimum absolute atomic E-state index is 0.0194. The summed E-state index contributed by atoms with van der Waals surface area (Å²) < 4.78 is 5.51. The number of nitrogens with zero attached hydrogens (tertiary/aromatic N) is 1. The first-order valence-electron chi connectivity index (χ1n) is 6.34. The van der Waals surface area contributed by atoms with Gasteiger partial charge in [0, 0.05) is 0 Å². The number of ether oxygens (including phenoxy) is 1. The van der Waals surface area contributed by atoms with Crippen molar-refractivity contribution in [2.24, 2.45) is 4.99 Å². The molecule has 0 saturated carbocycles. The molecule has 0 aliphatic carbocycles. The summed E-state index contributed by atoms with van der Waals surface area (Å²) in [5.74, 6) is -0.174. The second-order valence-electron chi connectivity index (χ2n) is 4.74. The Kier molecular flexibility index (Phi) is 6.52. The van der Waals surface area contributed by atoms with Crippen molar-refractivity contribution in [1.82, 2.24) is 5.32 Å². The molecule has 0 radical (unpaired) electrons. The fourth-order valence-electron chi connectivity index (χ4n) is 1.28. The third-order valence-corrected chi connectivity index (χ3v) is 3.05. The Bertz CT molecular complexity index is 414. The van der Waals surface area contributed by atoms with Crippen LogP contribution in [0.3, 0.4) is 0 Å². The van der Waals surface area contributed by atoms with Gasteiger partial charge in [0.15, 0.2) is 0 Å². The first-order chi connectivity index (χ1) is 8.99. The van der Waals surface area contributed by atoms with E-state index in [4.69, 9.17) is 4.74 Å². The predicted octanol–water partition coefficient (Wildman–Crippen LogP) is 0.403. The number of hydrogen-bond donors (Lipinski definition) is 2. The van der Waals surface area contributed by atoms with Crippen LogP contribution in [0.2, 0.25) is 0 Å². The molecule has 1 aromatic heterocycles. The number of nitrogens with one attached hydrogen (secondary N) is 2. The Balaban J connectivity index is 2.61. The fraction of sp³-hybridized carbons (Fsp3) is 0.538. The van der Waals surface area contributed by atoms with Gasteiger partial charge in [-0.15, -0.1) is 11.3 Å². The second-order valence-corrected chi connectivity index (χ2v) is 5.69. The van der Waals surface area contributed by atoms with Gasteiger partial charge in [0.25, 0.3) is 11.9 Å². The molecular weight excluding hydrogens is 262 g/mol. The van der Waals surface area contributed by atoms with Crippen molar-refractivity contribution in [3.05, 3.63) is 22.4 Å². The molecule has 0 aliphatic rings. The lowest BCUT2D eigenvalue weighted by atomic mass is 10.4. The third kappa shape index (κ3) is 6.35. The highest BCUT2D eigenvalue weighted by Gasteiger charge is 2.12. The van der Waals surface area contributed by atoms with Crippen LogP contribution in [-0.2, 0) is 4.74 Å². The van der Waals surface area contributed by atoms with Crippen LogP contribution in [0.4, 0.5) is 0 Å². The molecule has 0 saturated heterocycles. The zero-order valence-electron chi connectivity index (χ0n) is 11.9. The fourth-order valence-corrected chi connectivity index (χ4v) is 1.90. The van der Waals surface area contributed by atoms with Gasteiger partial charge >= 0.3 is 0 Å². The van der Waals surface area contributed by atoms with Crippen LogP contribution in [0.15, 0.2) is 22.5 Å². The molecule has 0 unspecified atom stereocenters. The lowest BCUT2D eigenvalue weighted by molar-refractivity contribution is -0.856. The van der Waals surface area contributed by atoms with Crippen molar-refractivity contribution in [3.63, 3.8) is 0 Å². The van der Waals surface area contributed by atoms with E-state index in [0.29, 0.717) is 17.4 Å². The summed E-state index contributed by atoms with van der Waals surface area (Å²) in [4.78, 5) is 18.2. The molecule has 1 heterocycles. The first kappa shape index (κ1) is 15.7. The van der Waals surface area contributed by atoms with E-state index in [9.17, 15) is 4.79 Å². The van der Waals surface area contributed by atoms with Crippen molar-refractivity contribution in [3.8, 4) is 0 Å². The van der Waals surface area contributed by atoms with Gasteiger partial charge in [-0.1, -0.05) is 6.07 Å². The number of carbonyl (C=O) groups is 1. The van der Waals surface area contributed by atoms with E-state index < -0.39 is 0 Å². The molecule has 0 fully saturated rings. The normalized spacial score (nSPS) is 12.0. The predicted molar refractivity (Wildman–Crippen MR) is 78.0 cm³/mol. The summed E-state index contributed by atoms with van der Waals surface area (Å²) in [5.41, 5.74) is 0. The number of likely N-dealkylation sites (N-methyl/N-ethyl adjacent to an activating group) is 1. The molecule has 1 rings (SSSR count). The molecule has 1 aromatic rings. The molecule has 6 heteroatoms. The summed E-state index contributed by atoms with van der Waals surface area (Å²) >= 11 is 1.39. The number of hydrogen-bond acceptors (Lipinski definition) is 4. The Hall–Kier alpha value is -1.40. The summed E-state index contributed by atoms with van der Waals surface area (Å²) in [5, 5.41) is 4.58. The van der Waals surface area contributed by atoms with Crippen molar-refractivity contribution in [2.75, 3.05) is 27.2 Å². The first-order valence-corrected chi connectivity index (χ1v) is 7.22. The Labute approximate surface area is 118 Å². The van der Waals surface area contributed by atoms with Crippen molar-refractivity contribution < 1.29 is 14.4 Å². The van der Waals surface area contributed by atoms with Gasteiger partial charge in [-0.05, 0) is 25.3 Å². The Morgan fingerprint density at radius 3 is 2.79 bits per heavy atom. The summed E-state index contributed by atoms with van der Waals surface area (Å²) in [6.45, 7) is 5.32. The summed E-state index contributed by atoms with van der Waals surface area (Å²) in [6, 6.07) is 3.92. The van der Waals surface area contributed by atoms with Crippen LogP contribution in [0.1, 0.15) is 23.5 Å².